The van der Waals surface area contributed by atoms with E-state index >= 15 is 0 Å². The number of alkyl halides is 1. The molecule has 0 atom stereocenters. The Morgan fingerprint density at radius 1 is 1.57 bits per heavy atom. The van der Waals surface area contributed by atoms with Crippen molar-refractivity contribution in [3.63, 3.8) is 0 Å². The molecule has 46 valence electrons. The summed E-state index contributed by atoms with van der Waals surface area (Å²) in [5.41, 5.74) is 0. The lowest BCUT2D eigenvalue weighted by Crippen LogP contribution is -1.63. The fraction of sp³-hybridized carbons (Fsp3) is 1.00. The second kappa shape index (κ2) is 10.2. The molecule has 7 heavy (non-hydrogen) atoms. The molecule has 5 heteroatoms. The number of hydrogen-bond acceptors (Lipinski definition) is 1. The molecule has 0 spiro atoms. The van der Waals surface area contributed by atoms with Crippen LogP contribution in [0.3, 0.4) is 0 Å². The molecule has 0 saturated carbocycles. The molecule has 0 fully saturated rings. The molecule has 0 aliphatic carbocycles. The van der Waals surface area contributed by atoms with Crippen molar-refractivity contribution in [2.75, 3.05) is 5.88 Å². The molecular weight excluding hydrogens is 178 g/mol. The minimum atomic E-state index is -1.67. The van der Waals surface area contributed by atoms with Gasteiger partial charge in [0, 0.05) is 5.88 Å². The van der Waals surface area contributed by atoms with Crippen molar-refractivity contribution in [3.8, 4) is 0 Å². The number of halogens is 3. The molecule has 0 radical (unpaired) electrons. The normalized spacial score (nSPS) is 7.71. The maximum absolute atomic E-state index is 9.09. The lowest BCUT2D eigenvalue weighted by molar-refractivity contribution is 0.620. The fourth-order valence-electron chi connectivity index (χ4n) is 0. The van der Waals surface area contributed by atoms with Gasteiger partial charge in [0.2, 0.25) is 0 Å². The third-order valence-electron chi connectivity index (χ3n) is 0. The van der Waals surface area contributed by atoms with Gasteiger partial charge in [-0.05, 0) is 0 Å². The molecule has 0 bridgehead atoms. The van der Waals surface area contributed by atoms with Crippen LogP contribution in [-0.2, 0) is 9.60 Å². The van der Waals surface area contributed by atoms with Gasteiger partial charge in [0.1, 0.15) is 0 Å². The van der Waals surface area contributed by atoms with Crippen molar-refractivity contribution >= 4 is 42.6 Å². The Bertz CT molecular complexity index is 24.1. The first-order chi connectivity index (χ1) is 3.15. The summed E-state index contributed by atoms with van der Waals surface area (Å²) < 4.78 is 9.09. The molecule has 0 heterocycles. The van der Waals surface area contributed by atoms with Crippen molar-refractivity contribution in [1.82, 2.24) is 0 Å². The number of hydrogen-bond donors (Lipinski definition) is 0. The first-order valence-corrected chi connectivity index (χ1v) is 4.79. The predicted molar refractivity (Wildman–Crippen MR) is 36.2 cm³/mol. The Hall–Kier alpha value is 1.18. The lowest BCUT2D eigenvalue weighted by atomic mass is 11.0. The molecule has 0 aromatic carbocycles. The van der Waals surface area contributed by atoms with Gasteiger partial charge in [0.15, 0.2) is 31.0 Å². The Morgan fingerprint density at radius 3 is 1.57 bits per heavy atom. The zero-order chi connectivity index (χ0) is 6.28. The van der Waals surface area contributed by atoms with Gasteiger partial charge >= 0.3 is 0 Å². The van der Waals surface area contributed by atoms with Gasteiger partial charge in [0.25, 0.3) is 0 Å². The van der Waals surface area contributed by atoms with Gasteiger partial charge in [-0.1, -0.05) is 6.92 Å². The van der Waals surface area contributed by atoms with Gasteiger partial charge in [-0.15, -0.1) is 11.6 Å². The highest BCUT2D eigenvalue weighted by Gasteiger charge is 1.83. The second-order valence-electron chi connectivity index (χ2n) is 0.452. The van der Waals surface area contributed by atoms with Crippen molar-refractivity contribution in [2.24, 2.45) is 0 Å². The van der Waals surface area contributed by atoms with Crippen LogP contribution in [0, 0.1) is 0 Å². The van der Waals surface area contributed by atoms with Gasteiger partial charge in [0.05, 0.1) is 0 Å². The van der Waals surface area contributed by atoms with E-state index < -0.39 is 9.60 Å². The van der Waals surface area contributed by atoms with E-state index in [1.165, 1.54) is 0 Å². The van der Waals surface area contributed by atoms with Crippen molar-refractivity contribution in [2.45, 2.75) is 6.92 Å². The predicted octanol–water partition coefficient (Wildman–Crippen LogP) is 2.29. The molecule has 0 aliphatic heterocycles. The van der Waals surface area contributed by atoms with Crippen LogP contribution < -0.4 is 0 Å². The highest BCUT2D eigenvalue weighted by Crippen LogP contribution is 1.98. The highest BCUT2D eigenvalue weighted by atomic mass is 36.0. The van der Waals surface area contributed by atoms with E-state index in [1.54, 1.807) is 0 Å². The third kappa shape index (κ3) is 138. The van der Waals surface area contributed by atoms with Crippen molar-refractivity contribution in [3.05, 3.63) is 0 Å². The third-order valence-corrected chi connectivity index (χ3v) is 0. The Balaban J connectivity index is 0. The van der Waals surface area contributed by atoms with E-state index in [0.29, 0.717) is 0 Å². The monoisotopic (exact) mass is 182 g/mol. The van der Waals surface area contributed by atoms with E-state index in [4.69, 9.17) is 16.2 Å². The summed E-state index contributed by atoms with van der Waals surface area (Å²) in [5.74, 6) is 0.722. The van der Waals surface area contributed by atoms with Gasteiger partial charge in [-0.25, -0.2) is 0 Å². The average Bonchev–Trinajstić information content (AvgIpc) is 1.33. The van der Waals surface area contributed by atoms with Gasteiger partial charge in [-0.2, -0.15) is 0 Å². The Labute approximate surface area is 60.1 Å². The van der Waals surface area contributed by atoms with E-state index in [-0.39, 0.29) is 0 Å². The quantitative estimate of drug-likeness (QED) is 0.417. The summed E-state index contributed by atoms with van der Waals surface area (Å²) in [6.07, 6.45) is 0. The van der Waals surface area contributed by atoms with Gasteiger partial charge in [-0.3, -0.25) is 0 Å². The van der Waals surface area contributed by atoms with Crippen LogP contribution in [0.4, 0.5) is 0 Å². The minimum absolute atomic E-state index is 0.722. The van der Waals surface area contributed by atoms with Crippen LogP contribution in [0.15, 0.2) is 0 Å². The molecule has 0 amide bonds. The Kier molecular flexibility index (Phi) is 16.1. The first-order valence-electron chi connectivity index (χ1n) is 1.45. The summed E-state index contributed by atoms with van der Waals surface area (Å²) in [6.45, 7) is 1.89. The SMILES string of the molecule is CCCl.[O-][S+](Cl)Cl. The molecule has 0 aromatic heterocycles. The second-order valence-corrected chi connectivity index (χ2v) is 3.51. The van der Waals surface area contributed by atoms with E-state index in [1.807, 2.05) is 6.92 Å². The van der Waals surface area contributed by atoms with Gasteiger partial charge < -0.3 is 4.55 Å². The van der Waals surface area contributed by atoms with E-state index in [0.717, 1.165) is 5.88 Å². The van der Waals surface area contributed by atoms with Crippen LogP contribution in [0.1, 0.15) is 6.92 Å². The van der Waals surface area contributed by atoms with Crippen LogP contribution in [-0.4, -0.2) is 10.4 Å². The van der Waals surface area contributed by atoms with Crippen LogP contribution in [0.25, 0.3) is 0 Å². The molecule has 0 unspecified atom stereocenters. The zero-order valence-corrected chi connectivity index (χ0v) is 6.74. The minimum Gasteiger partial charge on any atom is -0.582 e. The maximum atomic E-state index is 9.09. The summed E-state index contributed by atoms with van der Waals surface area (Å²) in [5, 5.41) is 0. The first kappa shape index (κ1) is 11.0. The van der Waals surface area contributed by atoms with Crippen LogP contribution in [0.5, 0.6) is 0 Å². The summed E-state index contributed by atoms with van der Waals surface area (Å²) in [7, 11) is 7.36. The molecule has 0 aromatic rings. The van der Waals surface area contributed by atoms with Crippen LogP contribution >= 0.6 is 33.0 Å². The van der Waals surface area contributed by atoms with Crippen molar-refractivity contribution < 1.29 is 4.55 Å². The van der Waals surface area contributed by atoms with Crippen LogP contribution in [0.2, 0.25) is 0 Å². The standard InChI is InChI=1S/C2H5Cl.Cl2OS/c1-2-3;1-4(2)3/h2H2,1H3;. The molecular formula is C2H5Cl3OS. The molecule has 1 nitrogen and oxygen atoms in total. The number of rotatable bonds is 0. The molecule has 0 saturated heterocycles. The molecule has 0 N–H and O–H groups in total. The topological polar surface area (TPSA) is 23.1 Å². The maximum Gasteiger partial charge on any atom is 0.198 e. The van der Waals surface area contributed by atoms with E-state index in [2.05, 4.69) is 21.4 Å². The summed E-state index contributed by atoms with van der Waals surface area (Å²) in [6, 6.07) is 0. The molecule has 0 aliphatic rings. The average molecular weight is 183 g/mol. The smallest absolute Gasteiger partial charge is 0.198 e. The zero-order valence-electron chi connectivity index (χ0n) is 3.66. The van der Waals surface area contributed by atoms with E-state index in [9.17, 15) is 0 Å². The lowest BCUT2D eigenvalue weighted by Gasteiger charge is -1.73. The summed E-state index contributed by atoms with van der Waals surface area (Å²) in [4.78, 5) is 0. The Morgan fingerprint density at radius 2 is 1.57 bits per heavy atom. The summed E-state index contributed by atoms with van der Waals surface area (Å²) >= 11 is 5.00. The molecule has 0 rings (SSSR count). The van der Waals surface area contributed by atoms with Crippen molar-refractivity contribution in [1.29, 1.82) is 0 Å². The fourth-order valence-corrected chi connectivity index (χ4v) is 0. The highest BCUT2D eigenvalue weighted by molar-refractivity contribution is 8.31. The largest absolute Gasteiger partial charge is 0.582 e.